The molecule has 1 N–H and O–H groups in total. The molecule has 1 heterocycles. The molecule has 0 spiro atoms. The molecule has 0 fully saturated rings. The van der Waals surface area contributed by atoms with Crippen LogP contribution in [0.2, 0.25) is 0 Å². The van der Waals surface area contributed by atoms with E-state index in [1.807, 2.05) is 0 Å². The number of anilines is 1. The van der Waals surface area contributed by atoms with Crippen molar-refractivity contribution in [2.75, 3.05) is 18.5 Å². The molecule has 2 aromatic carbocycles. The number of ether oxygens (including phenoxy) is 2. The standard InChI is InChI=1S/C23H20F3N3O5/c1-3-33-19-10-5-4-9-17(19)27-20(31)13-34-22(32)21-18(30)11-14(2)29(28-21)16-8-6-7-15(12-16)23(24,25)26/h4-12H,3,13H2,1-2H3,(H,27,31). The number of halogens is 3. The SMILES string of the molecule is CCOc1ccccc1NC(=O)COC(=O)c1nn(-c2cccc(C(F)(F)F)c2)c(C)cc1=O. The zero-order valence-corrected chi connectivity index (χ0v) is 18.2. The van der Waals surface area contributed by atoms with Gasteiger partial charge in [0.1, 0.15) is 5.75 Å². The Labute approximate surface area is 191 Å². The average molecular weight is 475 g/mol. The Morgan fingerprint density at radius 3 is 2.53 bits per heavy atom. The molecule has 1 amide bonds. The van der Waals surface area contributed by atoms with Gasteiger partial charge in [0.25, 0.3) is 5.91 Å². The minimum atomic E-state index is -4.58. The number of aromatic nitrogens is 2. The predicted octanol–water partition coefficient (Wildman–Crippen LogP) is 3.75. The molecule has 0 atom stereocenters. The van der Waals surface area contributed by atoms with Crippen LogP contribution in [0.4, 0.5) is 18.9 Å². The van der Waals surface area contributed by atoms with Crippen LogP contribution in [-0.2, 0) is 15.7 Å². The Bertz CT molecular complexity index is 1270. The van der Waals surface area contributed by atoms with Crippen molar-refractivity contribution in [2.24, 2.45) is 0 Å². The van der Waals surface area contributed by atoms with Crippen molar-refractivity contribution in [2.45, 2.75) is 20.0 Å². The topological polar surface area (TPSA) is 99.5 Å². The Balaban J connectivity index is 1.77. The molecule has 0 aliphatic heterocycles. The number of hydrogen-bond acceptors (Lipinski definition) is 6. The lowest BCUT2D eigenvalue weighted by Gasteiger charge is -2.13. The highest BCUT2D eigenvalue weighted by molar-refractivity contribution is 5.95. The van der Waals surface area contributed by atoms with Gasteiger partial charge in [-0.15, -0.1) is 0 Å². The first-order valence-corrected chi connectivity index (χ1v) is 10.1. The molecular formula is C23H20F3N3O5. The number of carbonyl (C=O) groups is 2. The maximum absolute atomic E-state index is 13.1. The van der Waals surface area contributed by atoms with Gasteiger partial charge in [-0.1, -0.05) is 18.2 Å². The highest BCUT2D eigenvalue weighted by Gasteiger charge is 2.30. The van der Waals surface area contributed by atoms with Crippen LogP contribution in [-0.4, -0.2) is 34.9 Å². The molecular weight excluding hydrogens is 455 g/mol. The smallest absolute Gasteiger partial charge is 0.416 e. The molecule has 0 radical (unpaired) electrons. The molecule has 0 bridgehead atoms. The molecule has 3 aromatic rings. The van der Waals surface area contributed by atoms with Crippen LogP contribution in [0.3, 0.4) is 0 Å². The number of para-hydroxylation sites is 2. The van der Waals surface area contributed by atoms with Crippen molar-refractivity contribution in [3.63, 3.8) is 0 Å². The molecule has 0 saturated heterocycles. The van der Waals surface area contributed by atoms with Gasteiger partial charge in [0.2, 0.25) is 11.1 Å². The third kappa shape index (κ3) is 5.80. The largest absolute Gasteiger partial charge is 0.492 e. The Hall–Kier alpha value is -4.15. The lowest BCUT2D eigenvalue weighted by Crippen LogP contribution is -2.27. The third-order valence-corrected chi connectivity index (χ3v) is 4.51. The van der Waals surface area contributed by atoms with Crippen LogP contribution in [0.5, 0.6) is 5.75 Å². The molecule has 178 valence electrons. The van der Waals surface area contributed by atoms with E-state index in [2.05, 4.69) is 10.4 Å². The molecule has 8 nitrogen and oxygen atoms in total. The van der Waals surface area contributed by atoms with Gasteiger partial charge in [-0.05, 0) is 44.2 Å². The maximum Gasteiger partial charge on any atom is 0.416 e. The Kier molecular flexibility index (Phi) is 7.34. The lowest BCUT2D eigenvalue weighted by molar-refractivity contribution is -0.137. The number of alkyl halides is 3. The van der Waals surface area contributed by atoms with Crippen LogP contribution < -0.4 is 15.5 Å². The summed E-state index contributed by atoms with van der Waals surface area (Å²) in [5, 5.41) is 6.41. The summed E-state index contributed by atoms with van der Waals surface area (Å²) in [6.45, 7) is 2.88. The summed E-state index contributed by atoms with van der Waals surface area (Å²) in [6, 6.07) is 11.9. The maximum atomic E-state index is 13.1. The summed E-state index contributed by atoms with van der Waals surface area (Å²) in [4.78, 5) is 36.9. The first-order valence-electron chi connectivity index (χ1n) is 10.1. The van der Waals surface area contributed by atoms with E-state index >= 15 is 0 Å². The van der Waals surface area contributed by atoms with E-state index in [1.54, 1.807) is 31.2 Å². The summed E-state index contributed by atoms with van der Waals surface area (Å²) < 4.78 is 50.5. The zero-order chi connectivity index (χ0) is 24.9. The monoisotopic (exact) mass is 475 g/mol. The van der Waals surface area contributed by atoms with Crippen LogP contribution in [0.25, 0.3) is 5.69 Å². The normalized spacial score (nSPS) is 11.1. The fourth-order valence-electron chi connectivity index (χ4n) is 3.00. The first-order chi connectivity index (χ1) is 16.1. The van der Waals surface area contributed by atoms with Gasteiger partial charge in [-0.3, -0.25) is 9.59 Å². The summed E-state index contributed by atoms with van der Waals surface area (Å²) in [7, 11) is 0. The van der Waals surface area contributed by atoms with E-state index in [-0.39, 0.29) is 11.4 Å². The highest BCUT2D eigenvalue weighted by atomic mass is 19.4. The van der Waals surface area contributed by atoms with Gasteiger partial charge in [0.05, 0.1) is 23.5 Å². The van der Waals surface area contributed by atoms with E-state index < -0.39 is 41.3 Å². The number of hydrogen-bond donors (Lipinski definition) is 1. The second kappa shape index (κ2) is 10.2. The highest BCUT2D eigenvalue weighted by Crippen LogP contribution is 2.30. The van der Waals surface area contributed by atoms with Gasteiger partial charge in [0, 0.05) is 11.8 Å². The zero-order valence-electron chi connectivity index (χ0n) is 18.2. The van der Waals surface area contributed by atoms with Crippen LogP contribution in [0.1, 0.15) is 28.7 Å². The van der Waals surface area contributed by atoms with Crippen molar-refractivity contribution in [1.82, 2.24) is 9.78 Å². The Morgan fingerprint density at radius 2 is 1.82 bits per heavy atom. The molecule has 1 aromatic heterocycles. The summed E-state index contributed by atoms with van der Waals surface area (Å²) in [5.41, 5.74) is -1.83. The van der Waals surface area contributed by atoms with Crippen molar-refractivity contribution in [3.05, 3.63) is 81.8 Å². The molecule has 0 aliphatic carbocycles. The number of aryl methyl sites for hydroxylation is 1. The van der Waals surface area contributed by atoms with Crippen molar-refractivity contribution in [1.29, 1.82) is 0 Å². The van der Waals surface area contributed by atoms with Crippen molar-refractivity contribution >= 4 is 17.6 Å². The van der Waals surface area contributed by atoms with Crippen LogP contribution in [0, 0.1) is 6.92 Å². The molecule has 0 aliphatic rings. The van der Waals surface area contributed by atoms with E-state index in [9.17, 15) is 27.6 Å². The number of carbonyl (C=O) groups excluding carboxylic acids is 2. The average Bonchev–Trinajstić information content (AvgIpc) is 2.78. The van der Waals surface area contributed by atoms with Gasteiger partial charge in [0.15, 0.2) is 6.61 Å². The number of nitrogens with one attached hydrogen (secondary N) is 1. The Morgan fingerprint density at radius 1 is 1.09 bits per heavy atom. The van der Waals surface area contributed by atoms with E-state index in [0.717, 1.165) is 22.9 Å². The molecule has 0 saturated carbocycles. The first kappa shape index (κ1) is 24.5. The fraction of sp³-hybridized carbons (Fsp3) is 0.217. The van der Waals surface area contributed by atoms with Gasteiger partial charge in [-0.25, -0.2) is 9.48 Å². The van der Waals surface area contributed by atoms with Crippen LogP contribution >= 0.6 is 0 Å². The van der Waals surface area contributed by atoms with Crippen LogP contribution in [0.15, 0.2) is 59.4 Å². The van der Waals surface area contributed by atoms with E-state index in [1.165, 1.54) is 19.1 Å². The number of amides is 1. The third-order valence-electron chi connectivity index (χ3n) is 4.51. The number of nitrogens with zero attached hydrogens (tertiary/aromatic N) is 2. The lowest BCUT2D eigenvalue weighted by atomic mass is 10.2. The quantitative estimate of drug-likeness (QED) is 0.523. The second-order valence-corrected chi connectivity index (χ2v) is 7.01. The van der Waals surface area contributed by atoms with Gasteiger partial charge in [-0.2, -0.15) is 18.3 Å². The molecule has 3 rings (SSSR count). The van der Waals surface area contributed by atoms with Gasteiger partial charge < -0.3 is 14.8 Å². The number of esters is 1. The summed E-state index contributed by atoms with van der Waals surface area (Å²) >= 11 is 0. The van der Waals surface area contributed by atoms with E-state index in [0.29, 0.717) is 18.0 Å². The minimum absolute atomic E-state index is 0.00773. The number of rotatable bonds is 7. The number of benzene rings is 2. The summed E-state index contributed by atoms with van der Waals surface area (Å²) in [6.07, 6.45) is -4.58. The molecule has 11 heteroatoms. The fourth-order valence-corrected chi connectivity index (χ4v) is 3.00. The predicted molar refractivity (Wildman–Crippen MR) is 116 cm³/mol. The molecule has 34 heavy (non-hydrogen) atoms. The van der Waals surface area contributed by atoms with E-state index in [4.69, 9.17) is 9.47 Å². The van der Waals surface area contributed by atoms with Crippen molar-refractivity contribution < 1.29 is 32.2 Å². The minimum Gasteiger partial charge on any atom is -0.492 e. The molecule has 0 unspecified atom stereocenters. The second-order valence-electron chi connectivity index (χ2n) is 7.01. The summed E-state index contributed by atoms with van der Waals surface area (Å²) in [5.74, 6) is -1.46. The van der Waals surface area contributed by atoms with Gasteiger partial charge >= 0.3 is 12.1 Å². The van der Waals surface area contributed by atoms with Crippen molar-refractivity contribution in [3.8, 4) is 11.4 Å².